The Hall–Kier alpha value is -1.20. The van der Waals surface area contributed by atoms with Crippen molar-refractivity contribution in [3.63, 3.8) is 0 Å². The molecule has 0 saturated heterocycles. The average molecular weight is 267 g/mol. The van der Waals surface area contributed by atoms with E-state index in [0.717, 1.165) is 29.2 Å². The van der Waals surface area contributed by atoms with Crippen LogP contribution in [0.2, 0.25) is 0 Å². The number of aromatic amines is 1. The first kappa shape index (κ1) is 10.3. The summed E-state index contributed by atoms with van der Waals surface area (Å²) in [5.74, 6) is 0.935. The average Bonchev–Trinajstić information content (AvgIpc) is 2.71. The summed E-state index contributed by atoms with van der Waals surface area (Å²) >= 11 is 3.34. The Kier molecular flexibility index (Phi) is 3.47. The van der Waals surface area contributed by atoms with Crippen molar-refractivity contribution in [2.24, 2.45) is 0 Å². The number of aromatic nitrogens is 3. The lowest BCUT2D eigenvalue weighted by atomic mass is 10.3. The second-order valence-electron chi connectivity index (χ2n) is 3.09. The standard InChI is InChI=1S/C10H11BrN4/c11-9-3-1-2-8(15-9)6-12-7-10-13-4-5-14-10/h1-5,12H,6-7H2,(H,13,14). The van der Waals surface area contributed by atoms with E-state index in [-0.39, 0.29) is 0 Å². The first-order valence-electron chi connectivity index (χ1n) is 4.65. The number of hydrogen-bond donors (Lipinski definition) is 2. The van der Waals surface area contributed by atoms with Crippen molar-refractivity contribution in [1.29, 1.82) is 0 Å². The molecule has 2 heterocycles. The van der Waals surface area contributed by atoms with Gasteiger partial charge in [0, 0.05) is 18.9 Å². The third kappa shape index (κ3) is 3.14. The van der Waals surface area contributed by atoms with E-state index in [1.165, 1.54) is 0 Å². The number of imidazole rings is 1. The lowest BCUT2D eigenvalue weighted by Crippen LogP contribution is -2.14. The van der Waals surface area contributed by atoms with Crippen molar-refractivity contribution < 1.29 is 0 Å². The zero-order valence-corrected chi connectivity index (χ0v) is 9.66. The van der Waals surface area contributed by atoms with Crippen LogP contribution in [0, 0.1) is 0 Å². The second-order valence-corrected chi connectivity index (χ2v) is 3.90. The minimum absolute atomic E-state index is 0.723. The molecule has 0 aliphatic rings. The SMILES string of the molecule is Brc1cccc(CNCc2ncc[nH]2)n1. The highest BCUT2D eigenvalue weighted by molar-refractivity contribution is 9.10. The van der Waals surface area contributed by atoms with Crippen LogP contribution >= 0.6 is 15.9 Å². The van der Waals surface area contributed by atoms with Crippen LogP contribution in [-0.4, -0.2) is 15.0 Å². The molecular formula is C10H11BrN4. The summed E-state index contributed by atoms with van der Waals surface area (Å²) in [6.45, 7) is 1.46. The summed E-state index contributed by atoms with van der Waals surface area (Å²) in [7, 11) is 0. The van der Waals surface area contributed by atoms with Crippen LogP contribution in [0.4, 0.5) is 0 Å². The quantitative estimate of drug-likeness (QED) is 0.831. The zero-order chi connectivity index (χ0) is 10.5. The fourth-order valence-corrected chi connectivity index (χ4v) is 1.63. The van der Waals surface area contributed by atoms with E-state index in [4.69, 9.17) is 0 Å². The largest absolute Gasteiger partial charge is 0.348 e. The predicted molar refractivity (Wildman–Crippen MR) is 61.1 cm³/mol. The maximum atomic E-state index is 4.32. The molecule has 0 aromatic carbocycles. The smallest absolute Gasteiger partial charge is 0.120 e. The molecule has 0 bridgehead atoms. The summed E-state index contributed by atoms with van der Waals surface area (Å²) in [5, 5.41) is 3.25. The van der Waals surface area contributed by atoms with Crippen LogP contribution in [0.15, 0.2) is 35.2 Å². The van der Waals surface area contributed by atoms with Crippen LogP contribution in [0.1, 0.15) is 11.5 Å². The molecule has 0 unspecified atom stereocenters. The summed E-state index contributed by atoms with van der Waals surface area (Å²) in [6, 6.07) is 5.87. The van der Waals surface area contributed by atoms with Crippen molar-refractivity contribution in [3.8, 4) is 0 Å². The molecule has 2 aromatic heterocycles. The van der Waals surface area contributed by atoms with Crippen molar-refractivity contribution in [2.45, 2.75) is 13.1 Å². The Bertz CT molecular complexity index is 413. The van der Waals surface area contributed by atoms with E-state index in [1.54, 1.807) is 6.20 Å². The molecule has 2 rings (SSSR count). The third-order valence-electron chi connectivity index (χ3n) is 1.93. The molecular weight excluding hydrogens is 256 g/mol. The third-order valence-corrected chi connectivity index (χ3v) is 2.37. The normalized spacial score (nSPS) is 10.5. The van der Waals surface area contributed by atoms with Gasteiger partial charge in [-0.2, -0.15) is 0 Å². The minimum atomic E-state index is 0.723. The molecule has 4 nitrogen and oxygen atoms in total. The monoisotopic (exact) mass is 266 g/mol. The fourth-order valence-electron chi connectivity index (χ4n) is 1.25. The Balaban J connectivity index is 1.83. The van der Waals surface area contributed by atoms with Gasteiger partial charge in [0.05, 0.1) is 12.2 Å². The van der Waals surface area contributed by atoms with Gasteiger partial charge in [-0.15, -0.1) is 0 Å². The molecule has 2 aromatic rings. The number of rotatable bonds is 4. The summed E-state index contributed by atoms with van der Waals surface area (Å²) in [4.78, 5) is 11.5. The zero-order valence-electron chi connectivity index (χ0n) is 8.07. The van der Waals surface area contributed by atoms with Crippen molar-refractivity contribution in [1.82, 2.24) is 20.3 Å². The first-order valence-corrected chi connectivity index (χ1v) is 5.44. The molecule has 78 valence electrons. The van der Waals surface area contributed by atoms with Gasteiger partial charge in [0.2, 0.25) is 0 Å². The van der Waals surface area contributed by atoms with Gasteiger partial charge in [0.15, 0.2) is 0 Å². The van der Waals surface area contributed by atoms with E-state index >= 15 is 0 Å². The molecule has 5 heteroatoms. The second kappa shape index (κ2) is 5.04. The van der Waals surface area contributed by atoms with E-state index in [0.29, 0.717) is 0 Å². The van der Waals surface area contributed by atoms with Gasteiger partial charge in [-0.3, -0.25) is 0 Å². The first-order chi connectivity index (χ1) is 7.34. The molecule has 0 radical (unpaired) electrons. The maximum absolute atomic E-state index is 4.32. The molecule has 0 saturated carbocycles. The van der Waals surface area contributed by atoms with E-state index in [1.807, 2.05) is 24.4 Å². The van der Waals surface area contributed by atoms with Crippen LogP contribution in [-0.2, 0) is 13.1 Å². The highest BCUT2D eigenvalue weighted by Gasteiger charge is 1.96. The van der Waals surface area contributed by atoms with Gasteiger partial charge in [-0.25, -0.2) is 9.97 Å². The van der Waals surface area contributed by atoms with Crippen LogP contribution in [0.25, 0.3) is 0 Å². The summed E-state index contributed by atoms with van der Waals surface area (Å²) < 4.78 is 0.861. The van der Waals surface area contributed by atoms with Crippen LogP contribution < -0.4 is 5.32 Å². The number of nitrogens with one attached hydrogen (secondary N) is 2. The number of halogens is 1. The molecule has 0 atom stereocenters. The van der Waals surface area contributed by atoms with E-state index < -0.39 is 0 Å². The molecule has 2 N–H and O–H groups in total. The minimum Gasteiger partial charge on any atom is -0.348 e. The molecule has 0 amide bonds. The molecule has 0 aliphatic heterocycles. The Morgan fingerprint density at radius 2 is 2.27 bits per heavy atom. The highest BCUT2D eigenvalue weighted by atomic mass is 79.9. The van der Waals surface area contributed by atoms with E-state index in [2.05, 4.69) is 36.2 Å². The predicted octanol–water partition coefficient (Wildman–Crippen LogP) is 1.86. The van der Waals surface area contributed by atoms with E-state index in [9.17, 15) is 0 Å². The molecule has 0 fully saturated rings. The topological polar surface area (TPSA) is 53.6 Å². The van der Waals surface area contributed by atoms with Crippen LogP contribution in [0.3, 0.4) is 0 Å². The molecule has 15 heavy (non-hydrogen) atoms. The maximum Gasteiger partial charge on any atom is 0.120 e. The van der Waals surface area contributed by atoms with Gasteiger partial charge in [0.25, 0.3) is 0 Å². The van der Waals surface area contributed by atoms with Crippen LogP contribution in [0.5, 0.6) is 0 Å². The Morgan fingerprint density at radius 3 is 3.00 bits per heavy atom. The number of pyridine rings is 1. The Labute approximate surface area is 96.3 Å². The highest BCUT2D eigenvalue weighted by Crippen LogP contribution is 2.05. The van der Waals surface area contributed by atoms with Gasteiger partial charge in [0.1, 0.15) is 10.4 Å². The van der Waals surface area contributed by atoms with Gasteiger partial charge in [-0.1, -0.05) is 6.07 Å². The summed E-state index contributed by atoms with van der Waals surface area (Å²) in [5.41, 5.74) is 1.01. The van der Waals surface area contributed by atoms with Crippen molar-refractivity contribution >= 4 is 15.9 Å². The molecule has 0 spiro atoms. The van der Waals surface area contributed by atoms with Gasteiger partial charge in [-0.05, 0) is 28.1 Å². The fraction of sp³-hybridized carbons (Fsp3) is 0.200. The Morgan fingerprint density at radius 1 is 1.33 bits per heavy atom. The number of H-pyrrole nitrogens is 1. The lowest BCUT2D eigenvalue weighted by molar-refractivity contribution is 0.656. The summed E-state index contributed by atoms with van der Waals surface area (Å²) in [6.07, 6.45) is 3.56. The lowest BCUT2D eigenvalue weighted by Gasteiger charge is -2.02. The van der Waals surface area contributed by atoms with Crippen molar-refractivity contribution in [3.05, 3.63) is 46.7 Å². The number of nitrogens with zero attached hydrogens (tertiary/aromatic N) is 2. The van der Waals surface area contributed by atoms with Gasteiger partial charge >= 0.3 is 0 Å². The molecule has 0 aliphatic carbocycles. The van der Waals surface area contributed by atoms with Crippen molar-refractivity contribution in [2.75, 3.05) is 0 Å². The van der Waals surface area contributed by atoms with Gasteiger partial charge < -0.3 is 10.3 Å². The number of hydrogen-bond acceptors (Lipinski definition) is 3.